The Hall–Kier alpha value is -1.91. The van der Waals surface area contributed by atoms with Crippen LogP contribution in [0, 0.1) is 0 Å². The van der Waals surface area contributed by atoms with Gasteiger partial charge in [0, 0.05) is 0 Å². The average molecular weight is 325 g/mol. The molecule has 4 heteroatoms. The van der Waals surface area contributed by atoms with Crippen molar-refractivity contribution in [3.63, 3.8) is 0 Å². The lowest BCUT2D eigenvalue weighted by molar-refractivity contribution is -0.113. The number of nitrogens with zero attached hydrogens (tertiary/aromatic N) is 1. The molecule has 0 radical (unpaired) electrons. The number of amides is 1. The number of hydrogen-bond donors (Lipinski definition) is 0. The van der Waals surface area contributed by atoms with Crippen LogP contribution in [0.15, 0.2) is 59.5 Å². The number of thioether (sulfide) groups is 1. The zero-order valence-electron chi connectivity index (χ0n) is 12.2. The van der Waals surface area contributed by atoms with Crippen molar-refractivity contribution in [2.75, 3.05) is 4.90 Å². The van der Waals surface area contributed by atoms with E-state index in [1.165, 1.54) is 17.3 Å². The fourth-order valence-electron chi connectivity index (χ4n) is 2.27. The fraction of sp³-hybridized carbons (Fsp3) is 0.111. The first-order valence-corrected chi connectivity index (χ1v) is 8.33. The molecule has 0 aliphatic carbocycles. The van der Waals surface area contributed by atoms with Gasteiger partial charge in [-0.25, -0.2) is 0 Å². The normalized spacial score (nSPS) is 16.6. The molecule has 0 bridgehead atoms. The van der Waals surface area contributed by atoms with Gasteiger partial charge in [0.1, 0.15) is 0 Å². The maximum Gasteiger partial charge on any atom is 0.270 e. The third-order valence-electron chi connectivity index (χ3n) is 3.49. The highest BCUT2D eigenvalue weighted by Crippen LogP contribution is 2.36. The molecule has 1 amide bonds. The van der Waals surface area contributed by atoms with Crippen LogP contribution in [0.2, 0.25) is 0 Å². The molecule has 3 rings (SSSR count). The maximum atomic E-state index is 12.6. The smallest absolute Gasteiger partial charge is 0.268 e. The number of benzene rings is 2. The lowest BCUT2D eigenvalue weighted by Gasteiger charge is -2.14. The molecular weight excluding hydrogens is 310 g/mol. The van der Waals surface area contributed by atoms with E-state index in [2.05, 4.69) is 6.92 Å². The van der Waals surface area contributed by atoms with E-state index in [4.69, 9.17) is 12.2 Å². The Kier molecular flexibility index (Phi) is 4.41. The molecule has 1 fully saturated rings. The van der Waals surface area contributed by atoms with E-state index in [1.54, 1.807) is 4.90 Å². The molecule has 0 atom stereocenters. The Morgan fingerprint density at radius 3 is 2.41 bits per heavy atom. The molecule has 0 saturated carbocycles. The summed E-state index contributed by atoms with van der Waals surface area (Å²) in [6.07, 6.45) is 2.87. The summed E-state index contributed by atoms with van der Waals surface area (Å²) in [4.78, 5) is 14.9. The van der Waals surface area contributed by atoms with Gasteiger partial charge in [-0.3, -0.25) is 9.69 Å². The number of thiocarbonyl (C=S) groups is 1. The highest BCUT2D eigenvalue weighted by atomic mass is 32.2. The van der Waals surface area contributed by atoms with Crippen molar-refractivity contribution in [1.82, 2.24) is 0 Å². The number of aryl methyl sites for hydroxylation is 1. The molecule has 1 aliphatic rings. The number of anilines is 1. The van der Waals surface area contributed by atoms with Crippen LogP contribution in [0.3, 0.4) is 0 Å². The standard InChI is InChI=1S/C18H15NOS2/c1-2-13-8-10-15(11-9-13)19-17(20)16(22-18(19)21)12-14-6-4-3-5-7-14/h3-12H,2H2,1H3. The minimum atomic E-state index is -0.0527. The Balaban J connectivity index is 1.89. The second-order valence-corrected chi connectivity index (χ2v) is 6.62. The molecule has 1 aliphatic heterocycles. The molecule has 0 spiro atoms. The first kappa shape index (κ1) is 15.0. The average Bonchev–Trinajstić information content (AvgIpc) is 2.82. The van der Waals surface area contributed by atoms with Gasteiger partial charge in [0.05, 0.1) is 10.6 Å². The van der Waals surface area contributed by atoms with Gasteiger partial charge >= 0.3 is 0 Å². The van der Waals surface area contributed by atoms with E-state index in [9.17, 15) is 4.79 Å². The second kappa shape index (κ2) is 6.46. The summed E-state index contributed by atoms with van der Waals surface area (Å²) in [7, 11) is 0. The third kappa shape index (κ3) is 2.98. The topological polar surface area (TPSA) is 20.3 Å². The lowest BCUT2D eigenvalue weighted by atomic mass is 10.1. The molecule has 0 unspecified atom stereocenters. The van der Waals surface area contributed by atoms with Gasteiger partial charge in [-0.1, -0.05) is 73.4 Å². The fourth-order valence-corrected chi connectivity index (χ4v) is 3.57. The summed E-state index contributed by atoms with van der Waals surface area (Å²) in [6, 6.07) is 17.8. The highest BCUT2D eigenvalue weighted by molar-refractivity contribution is 8.27. The summed E-state index contributed by atoms with van der Waals surface area (Å²) in [5, 5.41) is 0. The number of carbonyl (C=O) groups excluding carboxylic acids is 1. The van der Waals surface area contributed by atoms with Crippen LogP contribution < -0.4 is 4.90 Å². The van der Waals surface area contributed by atoms with Crippen molar-refractivity contribution in [2.24, 2.45) is 0 Å². The summed E-state index contributed by atoms with van der Waals surface area (Å²) >= 11 is 6.73. The van der Waals surface area contributed by atoms with E-state index < -0.39 is 0 Å². The Labute approximate surface area is 139 Å². The van der Waals surface area contributed by atoms with Gasteiger partial charge in [-0.05, 0) is 35.8 Å². The van der Waals surface area contributed by atoms with Gasteiger partial charge in [0.15, 0.2) is 4.32 Å². The van der Waals surface area contributed by atoms with Crippen molar-refractivity contribution in [3.05, 3.63) is 70.6 Å². The van der Waals surface area contributed by atoms with Crippen LogP contribution in [0.25, 0.3) is 6.08 Å². The SMILES string of the molecule is CCc1ccc(N2C(=O)C(=Cc3ccccc3)SC2=S)cc1. The number of rotatable bonds is 3. The summed E-state index contributed by atoms with van der Waals surface area (Å²) in [6.45, 7) is 2.11. The zero-order valence-corrected chi connectivity index (χ0v) is 13.8. The van der Waals surface area contributed by atoms with Gasteiger partial charge in [-0.15, -0.1) is 0 Å². The Morgan fingerprint density at radius 2 is 1.77 bits per heavy atom. The number of hydrogen-bond acceptors (Lipinski definition) is 3. The van der Waals surface area contributed by atoms with E-state index in [-0.39, 0.29) is 5.91 Å². The minimum absolute atomic E-state index is 0.0527. The third-order valence-corrected chi connectivity index (χ3v) is 4.80. The molecule has 1 heterocycles. The zero-order chi connectivity index (χ0) is 15.5. The van der Waals surface area contributed by atoms with Crippen LogP contribution >= 0.6 is 24.0 Å². The summed E-state index contributed by atoms with van der Waals surface area (Å²) in [5.74, 6) is -0.0527. The molecular formula is C18H15NOS2. The Morgan fingerprint density at radius 1 is 1.09 bits per heavy atom. The Bertz CT molecular complexity index is 735. The van der Waals surface area contributed by atoms with Gasteiger partial charge in [0.25, 0.3) is 5.91 Å². The maximum absolute atomic E-state index is 12.6. The van der Waals surface area contributed by atoms with E-state index in [0.29, 0.717) is 9.23 Å². The second-order valence-electron chi connectivity index (χ2n) is 4.95. The van der Waals surface area contributed by atoms with Crippen molar-refractivity contribution in [3.8, 4) is 0 Å². The molecule has 2 aromatic rings. The first-order valence-electron chi connectivity index (χ1n) is 7.11. The largest absolute Gasteiger partial charge is 0.270 e. The highest BCUT2D eigenvalue weighted by Gasteiger charge is 2.33. The van der Waals surface area contributed by atoms with Gasteiger partial charge < -0.3 is 0 Å². The quantitative estimate of drug-likeness (QED) is 0.605. The lowest BCUT2D eigenvalue weighted by Crippen LogP contribution is -2.27. The van der Waals surface area contributed by atoms with Crippen molar-refractivity contribution in [2.45, 2.75) is 13.3 Å². The van der Waals surface area contributed by atoms with Crippen molar-refractivity contribution in [1.29, 1.82) is 0 Å². The van der Waals surface area contributed by atoms with Gasteiger partial charge in [0.2, 0.25) is 0 Å². The monoisotopic (exact) mass is 325 g/mol. The van der Waals surface area contributed by atoms with Gasteiger partial charge in [-0.2, -0.15) is 0 Å². The predicted octanol–water partition coefficient (Wildman–Crippen LogP) is 4.65. The van der Waals surface area contributed by atoms with Crippen LogP contribution in [-0.4, -0.2) is 10.2 Å². The molecule has 110 valence electrons. The summed E-state index contributed by atoms with van der Waals surface area (Å²) < 4.78 is 0.580. The molecule has 0 N–H and O–H groups in total. The van der Waals surface area contributed by atoms with E-state index in [1.807, 2.05) is 60.7 Å². The molecule has 22 heavy (non-hydrogen) atoms. The van der Waals surface area contributed by atoms with E-state index >= 15 is 0 Å². The molecule has 0 aromatic heterocycles. The van der Waals surface area contributed by atoms with Crippen LogP contribution in [0.4, 0.5) is 5.69 Å². The van der Waals surface area contributed by atoms with Crippen molar-refractivity contribution >= 4 is 46.0 Å². The van der Waals surface area contributed by atoms with E-state index in [0.717, 1.165) is 17.7 Å². The molecule has 2 aromatic carbocycles. The minimum Gasteiger partial charge on any atom is -0.268 e. The van der Waals surface area contributed by atoms with Crippen LogP contribution in [0.5, 0.6) is 0 Å². The predicted molar refractivity (Wildman–Crippen MR) is 97.9 cm³/mol. The molecule has 2 nitrogen and oxygen atoms in total. The summed E-state index contributed by atoms with van der Waals surface area (Å²) in [5.41, 5.74) is 3.08. The van der Waals surface area contributed by atoms with Crippen molar-refractivity contribution < 1.29 is 4.79 Å². The molecule has 1 saturated heterocycles. The van der Waals surface area contributed by atoms with Crippen LogP contribution in [-0.2, 0) is 11.2 Å². The van der Waals surface area contributed by atoms with Crippen LogP contribution in [0.1, 0.15) is 18.1 Å². The number of carbonyl (C=O) groups is 1. The first-order chi connectivity index (χ1) is 10.7.